The highest BCUT2D eigenvalue weighted by atomic mass is 32.2. The zero-order chi connectivity index (χ0) is 14.2. The third-order valence-electron chi connectivity index (χ3n) is 3.73. The standard InChI is InChI=1S/C17H14N2S2/c1-11-4-2-5-12(8-11)14-10-21-17-13(14)9-18-16(19-17)15-6-3-7-20-15/h2-9,14H,10H2,1H3. The molecule has 2 aromatic heterocycles. The summed E-state index contributed by atoms with van der Waals surface area (Å²) in [6.45, 7) is 2.14. The van der Waals surface area contributed by atoms with Crippen molar-refractivity contribution < 1.29 is 0 Å². The molecule has 4 rings (SSSR count). The molecule has 3 aromatic rings. The average molecular weight is 310 g/mol. The summed E-state index contributed by atoms with van der Waals surface area (Å²) < 4.78 is 0. The molecule has 1 aliphatic heterocycles. The van der Waals surface area contributed by atoms with E-state index in [1.807, 2.05) is 24.0 Å². The van der Waals surface area contributed by atoms with E-state index in [0.717, 1.165) is 21.5 Å². The van der Waals surface area contributed by atoms with Gasteiger partial charge in [0, 0.05) is 23.4 Å². The summed E-state index contributed by atoms with van der Waals surface area (Å²) in [5, 5.41) is 3.20. The molecular weight excluding hydrogens is 296 g/mol. The molecule has 1 aromatic carbocycles. The minimum absolute atomic E-state index is 0.419. The van der Waals surface area contributed by atoms with Gasteiger partial charge in [-0.25, -0.2) is 9.97 Å². The molecule has 0 fully saturated rings. The second-order valence-corrected chi connectivity index (χ2v) is 7.17. The maximum atomic E-state index is 4.76. The summed E-state index contributed by atoms with van der Waals surface area (Å²) in [6.07, 6.45) is 2.02. The second-order valence-electron chi connectivity index (χ2n) is 5.21. The Labute approximate surface area is 132 Å². The van der Waals surface area contributed by atoms with E-state index in [4.69, 9.17) is 4.98 Å². The molecule has 3 heterocycles. The Morgan fingerprint density at radius 3 is 2.95 bits per heavy atom. The molecule has 1 unspecified atom stereocenters. The molecule has 0 saturated carbocycles. The fraction of sp³-hybridized carbons (Fsp3) is 0.176. The minimum atomic E-state index is 0.419. The minimum Gasteiger partial charge on any atom is -0.235 e. The molecule has 2 nitrogen and oxygen atoms in total. The van der Waals surface area contributed by atoms with Gasteiger partial charge in [-0.1, -0.05) is 35.9 Å². The highest BCUT2D eigenvalue weighted by Gasteiger charge is 2.27. The van der Waals surface area contributed by atoms with Gasteiger partial charge < -0.3 is 0 Å². The summed E-state index contributed by atoms with van der Waals surface area (Å²) in [6, 6.07) is 12.9. The SMILES string of the molecule is Cc1cccc(C2CSc3nc(-c4cccs4)ncc32)c1. The van der Waals surface area contributed by atoms with E-state index in [0.29, 0.717) is 5.92 Å². The van der Waals surface area contributed by atoms with Gasteiger partial charge in [-0.3, -0.25) is 0 Å². The molecule has 0 saturated heterocycles. The highest BCUT2D eigenvalue weighted by Crippen LogP contribution is 2.42. The van der Waals surface area contributed by atoms with Crippen LogP contribution in [0.2, 0.25) is 0 Å². The van der Waals surface area contributed by atoms with Crippen LogP contribution in [0.15, 0.2) is 53.0 Å². The first kappa shape index (κ1) is 13.0. The number of fused-ring (bicyclic) bond motifs is 1. The van der Waals surface area contributed by atoms with Crippen molar-refractivity contribution in [3.63, 3.8) is 0 Å². The van der Waals surface area contributed by atoms with E-state index < -0.39 is 0 Å². The number of hydrogen-bond acceptors (Lipinski definition) is 4. The Morgan fingerprint density at radius 2 is 2.14 bits per heavy atom. The normalized spacial score (nSPS) is 16.9. The molecule has 0 bridgehead atoms. The summed E-state index contributed by atoms with van der Waals surface area (Å²) in [5.74, 6) is 2.32. The first-order valence-corrected chi connectivity index (χ1v) is 8.78. The number of thiophene rings is 1. The zero-order valence-corrected chi connectivity index (χ0v) is 13.2. The van der Waals surface area contributed by atoms with Crippen molar-refractivity contribution in [3.8, 4) is 10.7 Å². The predicted octanol–water partition coefficient (Wildman–Crippen LogP) is 4.75. The van der Waals surface area contributed by atoms with Crippen LogP contribution in [0.1, 0.15) is 22.6 Å². The molecule has 4 heteroatoms. The third kappa shape index (κ3) is 2.39. The molecular formula is C17H14N2S2. The largest absolute Gasteiger partial charge is 0.235 e. The maximum absolute atomic E-state index is 4.76. The van der Waals surface area contributed by atoms with Gasteiger partial charge in [-0.15, -0.1) is 23.1 Å². The van der Waals surface area contributed by atoms with Crippen LogP contribution in [0, 0.1) is 6.92 Å². The Kier molecular flexibility index (Phi) is 3.28. The van der Waals surface area contributed by atoms with Crippen molar-refractivity contribution in [1.82, 2.24) is 9.97 Å². The van der Waals surface area contributed by atoms with E-state index in [1.54, 1.807) is 11.3 Å². The predicted molar refractivity (Wildman–Crippen MR) is 89.1 cm³/mol. The van der Waals surface area contributed by atoms with Crippen LogP contribution in [-0.2, 0) is 0 Å². The quantitative estimate of drug-likeness (QED) is 0.639. The van der Waals surface area contributed by atoms with Crippen molar-refractivity contribution in [2.75, 3.05) is 5.75 Å². The van der Waals surface area contributed by atoms with Crippen molar-refractivity contribution in [2.24, 2.45) is 0 Å². The fourth-order valence-electron chi connectivity index (χ4n) is 2.67. The van der Waals surface area contributed by atoms with Crippen LogP contribution < -0.4 is 0 Å². The maximum Gasteiger partial charge on any atom is 0.170 e. The number of thioether (sulfide) groups is 1. The van der Waals surface area contributed by atoms with Crippen LogP contribution >= 0.6 is 23.1 Å². The van der Waals surface area contributed by atoms with Crippen LogP contribution in [0.3, 0.4) is 0 Å². The molecule has 0 N–H and O–H groups in total. The monoisotopic (exact) mass is 310 g/mol. The molecule has 0 radical (unpaired) electrons. The number of rotatable bonds is 2. The fourth-order valence-corrected chi connectivity index (χ4v) is 4.54. The highest BCUT2D eigenvalue weighted by molar-refractivity contribution is 7.99. The second kappa shape index (κ2) is 5.28. The van der Waals surface area contributed by atoms with Crippen molar-refractivity contribution in [3.05, 3.63) is 64.7 Å². The summed E-state index contributed by atoms with van der Waals surface area (Å²) in [4.78, 5) is 10.5. The number of benzene rings is 1. The number of hydrogen-bond donors (Lipinski definition) is 0. The molecule has 21 heavy (non-hydrogen) atoms. The van der Waals surface area contributed by atoms with E-state index >= 15 is 0 Å². The average Bonchev–Trinajstić information content (AvgIpc) is 3.16. The van der Waals surface area contributed by atoms with E-state index in [2.05, 4.69) is 47.6 Å². The van der Waals surface area contributed by atoms with E-state index in [9.17, 15) is 0 Å². The summed E-state index contributed by atoms with van der Waals surface area (Å²) >= 11 is 3.53. The third-order valence-corrected chi connectivity index (χ3v) is 5.69. The van der Waals surface area contributed by atoms with Crippen LogP contribution in [-0.4, -0.2) is 15.7 Å². The van der Waals surface area contributed by atoms with Crippen molar-refractivity contribution >= 4 is 23.1 Å². The lowest BCUT2D eigenvalue weighted by Crippen LogP contribution is -2.01. The first-order chi connectivity index (χ1) is 10.3. The Bertz CT molecular complexity index is 781. The van der Waals surface area contributed by atoms with Crippen LogP contribution in [0.4, 0.5) is 0 Å². The smallest absolute Gasteiger partial charge is 0.170 e. The Morgan fingerprint density at radius 1 is 1.19 bits per heavy atom. The molecule has 1 atom stereocenters. The molecule has 0 amide bonds. The molecule has 104 valence electrons. The van der Waals surface area contributed by atoms with Gasteiger partial charge in [0.05, 0.1) is 4.88 Å². The topological polar surface area (TPSA) is 25.8 Å². The lowest BCUT2D eigenvalue weighted by Gasteiger charge is -2.11. The van der Waals surface area contributed by atoms with Crippen LogP contribution in [0.5, 0.6) is 0 Å². The van der Waals surface area contributed by atoms with Crippen molar-refractivity contribution in [2.45, 2.75) is 17.9 Å². The van der Waals surface area contributed by atoms with Gasteiger partial charge in [0.2, 0.25) is 0 Å². The van der Waals surface area contributed by atoms with Gasteiger partial charge in [-0.2, -0.15) is 0 Å². The van der Waals surface area contributed by atoms with Gasteiger partial charge in [-0.05, 0) is 23.9 Å². The zero-order valence-electron chi connectivity index (χ0n) is 11.6. The van der Waals surface area contributed by atoms with Gasteiger partial charge in [0.25, 0.3) is 0 Å². The number of aryl methyl sites for hydroxylation is 1. The van der Waals surface area contributed by atoms with Gasteiger partial charge in [0.1, 0.15) is 5.03 Å². The Balaban J connectivity index is 1.73. The van der Waals surface area contributed by atoms with Crippen LogP contribution in [0.25, 0.3) is 10.7 Å². The summed E-state index contributed by atoms with van der Waals surface area (Å²) in [5.41, 5.74) is 3.95. The van der Waals surface area contributed by atoms with E-state index in [-0.39, 0.29) is 0 Å². The molecule has 0 aliphatic carbocycles. The molecule has 0 spiro atoms. The van der Waals surface area contributed by atoms with Gasteiger partial charge >= 0.3 is 0 Å². The Hall–Kier alpha value is -1.65. The van der Waals surface area contributed by atoms with Crippen molar-refractivity contribution in [1.29, 1.82) is 0 Å². The number of nitrogens with zero attached hydrogens (tertiary/aromatic N) is 2. The summed E-state index contributed by atoms with van der Waals surface area (Å²) in [7, 11) is 0. The first-order valence-electron chi connectivity index (χ1n) is 6.91. The molecule has 1 aliphatic rings. The lowest BCUT2D eigenvalue weighted by atomic mass is 9.94. The number of aromatic nitrogens is 2. The van der Waals surface area contributed by atoms with Gasteiger partial charge in [0.15, 0.2) is 5.82 Å². The lowest BCUT2D eigenvalue weighted by molar-refractivity contribution is 0.889. The van der Waals surface area contributed by atoms with E-state index in [1.165, 1.54) is 16.7 Å².